The van der Waals surface area contributed by atoms with E-state index in [-0.39, 0.29) is 18.0 Å². The summed E-state index contributed by atoms with van der Waals surface area (Å²) in [6.45, 7) is 3.89. The number of rotatable bonds is 5. The number of carbonyl (C=O) groups is 1. The zero-order chi connectivity index (χ0) is 19.7. The second-order valence-electron chi connectivity index (χ2n) is 6.72. The Morgan fingerprint density at radius 2 is 2.04 bits per heavy atom. The minimum atomic E-state index is -0.310. The molecule has 3 heterocycles. The molecule has 1 aromatic carbocycles. The van der Waals surface area contributed by atoms with Crippen molar-refractivity contribution in [2.24, 2.45) is 0 Å². The maximum Gasteiger partial charge on any atom is 0.249 e. The molecule has 1 aliphatic heterocycles. The van der Waals surface area contributed by atoms with E-state index in [2.05, 4.69) is 25.4 Å². The lowest BCUT2D eigenvalue weighted by Crippen LogP contribution is -2.31. The van der Waals surface area contributed by atoms with Gasteiger partial charge in [0.15, 0.2) is 0 Å². The molecule has 1 aliphatic rings. The number of aromatic nitrogens is 4. The number of nitrogens with one attached hydrogen (secondary N) is 1. The van der Waals surface area contributed by atoms with Crippen LogP contribution in [0.3, 0.4) is 0 Å². The van der Waals surface area contributed by atoms with E-state index >= 15 is 0 Å². The first-order chi connectivity index (χ1) is 13.5. The molecule has 0 saturated carbocycles. The first kappa shape index (κ1) is 18.4. The van der Waals surface area contributed by atoms with Crippen LogP contribution in [-0.2, 0) is 4.79 Å². The largest absolute Gasteiger partial charge is 0.343 e. The third kappa shape index (κ3) is 3.68. The van der Waals surface area contributed by atoms with Gasteiger partial charge in [-0.3, -0.25) is 9.69 Å². The van der Waals surface area contributed by atoms with Gasteiger partial charge in [-0.1, -0.05) is 16.8 Å². The van der Waals surface area contributed by atoms with Crippen molar-refractivity contribution in [1.82, 2.24) is 20.1 Å². The number of hydrogen-bond acceptors (Lipinski definition) is 7. The normalized spacial score (nSPS) is 17.8. The van der Waals surface area contributed by atoms with Crippen molar-refractivity contribution in [3.8, 4) is 11.4 Å². The summed E-state index contributed by atoms with van der Waals surface area (Å²) in [6, 6.07) is 8.76. The van der Waals surface area contributed by atoms with E-state index in [1.807, 2.05) is 26.0 Å². The number of carbonyl (C=O) groups excluding carboxylic acids is 1. The monoisotopic (exact) mass is 398 g/mol. The predicted octanol–water partition coefficient (Wildman–Crippen LogP) is 3.87. The Labute approximate surface area is 166 Å². The zero-order valence-corrected chi connectivity index (χ0v) is 16.2. The molecule has 1 saturated heterocycles. The summed E-state index contributed by atoms with van der Waals surface area (Å²) in [5, 5.41) is 7.81. The molecule has 3 aromatic rings. The highest BCUT2D eigenvalue weighted by atomic mass is 35.5. The van der Waals surface area contributed by atoms with Crippen LogP contribution in [0.4, 0.5) is 11.8 Å². The summed E-state index contributed by atoms with van der Waals surface area (Å²) in [7, 11) is 0. The molecule has 28 heavy (non-hydrogen) atoms. The maximum absolute atomic E-state index is 12.1. The van der Waals surface area contributed by atoms with Crippen molar-refractivity contribution >= 4 is 29.3 Å². The van der Waals surface area contributed by atoms with Gasteiger partial charge in [0.2, 0.25) is 23.6 Å². The van der Waals surface area contributed by atoms with E-state index in [0.29, 0.717) is 34.9 Å². The lowest BCUT2D eigenvalue weighted by atomic mass is 10.2. The van der Waals surface area contributed by atoms with Gasteiger partial charge in [0.05, 0.1) is 0 Å². The SMILES string of the molecule is C[C@H](Nc1nccc(N2C(=O)CC[C@@H]2C)n1)c1nc(-c2ccc(Cl)cc2)no1. The average Bonchev–Trinajstić information content (AvgIpc) is 3.30. The summed E-state index contributed by atoms with van der Waals surface area (Å²) in [6.07, 6.45) is 3.00. The van der Waals surface area contributed by atoms with Gasteiger partial charge in [0.25, 0.3) is 0 Å². The Bertz CT molecular complexity index is 990. The minimum absolute atomic E-state index is 0.0784. The van der Waals surface area contributed by atoms with E-state index < -0.39 is 0 Å². The summed E-state index contributed by atoms with van der Waals surface area (Å²) in [5.41, 5.74) is 0.811. The molecule has 144 valence electrons. The van der Waals surface area contributed by atoms with Crippen molar-refractivity contribution in [1.29, 1.82) is 0 Å². The lowest BCUT2D eigenvalue weighted by molar-refractivity contribution is -0.117. The number of halogens is 1. The van der Waals surface area contributed by atoms with Crippen molar-refractivity contribution < 1.29 is 9.32 Å². The molecule has 1 fully saturated rings. The summed E-state index contributed by atoms with van der Waals surface area (Å²) in [4.78, 5) is 27.0. The fraction of sp³-hybridized carbons (Fsp3) is 0.316. The molecule has 1 amide bonds. The third-order valence-corrected chi connectivity index (χ3v) is 4.89. The highest BCUT2D eigenvalue weighted by Crippen LogP contribution is 2.26. The van der Waals surface area contributed by atoms with Gasteiger partial charge in [-0.05, 0) is 50.6 Å². The predicted molar refractivity (Wildman–Crippen MR) is 105 cm³/mol. The molecule has 9 heteroatoms. The third-order valence-electron chi connectivity index (χ3n) is 4.63. The van der Waals surface area contributed by atoms with Gasteiger partial charge in [-0.15, -0.1) is 0 Å². The summed E-state index contributed by atoms with van der Waals surface area (Å²) >= 11 is 5.91. The minimum Gasteiger partial charge on any atom is -0.343 e. The zero-order valence-electron chi connectivity index (χ0n) is 15.5. The molecule has 0 aliphatic carbocycles. The van der Waals surface area contributed by atoms with Gasteiger partial charge in [0, 0.05) is 29.2 Å². The van der Waals surface area contributed by atoms with Crippen LogP contribution in [0.2, 0.25) is 5.02 Å². The van der Waals surface area contributed by atoms with Crippen LogP contribution in [0.5, 0.6) is 0 Å². The Kier molecular flexibility index (Phi) is 4.95. The van der Waals surface area contributed by atoms with Crippen LogP contribution in [0.15, 0.2) is 41.1 Å². The second-order valence-corrected chi connectivity index (χ2v) is 7.16. The Morgan fingerprint density at radius 3 is 2.75 bits per heavy atom. The fourth-order valence-corrected chi connectivity index (χ4v) is 3.24. The smallest absolute Gasteiger partial charge is 0.249 e. The van der Waals surface area contributed by atoms with Crippen LogP contribution >= 0.6 is 11.6 Å². The molecule has 2 aromatic heterocycles. The van der Waals surface area contributed by atoms with Crippen molar-refractivity contribution in [2.75, 3.05) is 10.2 Å². The molecule has 4 rings (SSSR count). The number of benzene rings is 1. The molecule has 0 radical (unpaired) electrons. The topological polar surface area (TPSA) is 97.0 Å². The number of anilines is 2. The molecule has 8 nitrogen and oxygen atoms in total. The van der Waals surface area contributed by atoms with Crippen LogP contribution in [0.25, 0.3) is 11.4 Å². The molecule has 0 bridgehead atoms. The van der Waals surface area contributed by atoms with Gasteiger partial charge in [-0.25, -0.2) is 4.98 Å². The van der Waals surface area contributed by atoms with E-state index in [9.17, 15) is 4.79 Å². The quantitative estimate of drug-likeness (QED) is 0.696. The van der Waals surface area contributed by atoms with Gasteiger partial charge < -0.3 is 9.84 Å². The van der Waals surface area contributed by atoms with E-state index in [0.717, 1.165) is 12.0 Å². The van der Waals surface area contributed by atoms with Crippen LogP contribution in [-0.4, -0.2) is 32.1 Å². The van der Waals surface area contributed by atoms with E-state index in [1.54, 1.807) is 29.3 Å². The van der Waals surface area contributed by atoms with Gasteiger partial charge in [0.1, 0.15) is 11.9 Å². The number of amides is 1. The molecular weight excluding hydrogens is 380 g/mol. The average molecular weight is 399 g/mol. The molecule has 2 atom stereocenters. The number of nitrogens with zero attached hydrogens (tertiary/aromatic N) is 5. The van der Waals surface area contributed by atoms with Crippen molar-refractivity contribution in [2.45, 2.75) is 38.8 Å². The van der Waals surface area contributed by atoms with Crippen molar-refractivity contribution in [3.05, 3.63) is 47.4 Å². The Morgan fingerprint density at radius 1 is 1.25 bits per heavy atom. The van der Waals surface area contributed by atoms with E-state index in [1.165, 1.54) is 0 Å². The van der Waals surface area contributed by atoms with Crippen LogP contribution < -0.4 is 10.2 Å². The summed E-state index contributed by atoms with van der Waals surface area (Å²) < 4.78 is 5.37. The summed E-state index contributed by atoms with van der Waals surface area (Å²) in [5.74, 6) is 1.95. The van der Waals surface area contributed by atoms with Crippen LogP contribution in [0, 0.1) is 0 Å². The first-order valence-electron chi connectivity index (χ1n) is 9.02. The standard InChI is InChI=1S/C19H19ClN6O2/c1-11-3-8-16(27)26(11)15-9-10-21-19(23-15)22-12(2)18-24-17(25-28-18)13-4-6-14(20)7-5-13/h4-7,9-12H,3,8H2,1-2H3,(H,21,22,23)/t11-,12-/m0/s1. The maximum atomic E-state index is 12.1. The molecule has 0 spiro atoms. The molecular formula is C19H19ClN6O2. The first-order valence-corrected chi connectivity index (χ1v) is 9.40. The Hall–Kier alpha value is -3.00. The van der Waals surface area contributed by atoms with Crippen molar-refractivity contribution in [3.63, 3.8) is 0 Å². The molecule has 1 N–H and O–H groups in total. The highest BCUT2D eigenvalue weighted by Gasteiger charge is 2.30. The van der Waals surface area contributed by atoms with Gasteiger partial charge >= 0.3 is 0 Å². The number of hydrogen-bond donors (Lipinski definition) is 1. The van der Waals surface area contributed by atoms with Crippen LogP contribution in [0.1, 0.15) is 38.6 Å². The Balaban J connectivity index is 1.50. The fourth-order valence-electron chi connectivity index (χ4n) is 3.12. The lowest BCUT2D eigenvalue weighted by Gasteiger charge is -2.21. The second kappa shape index (κ2) is 7.55. The highest BCUT2D eigenvalue weighted by molar-refractivity contribution is 6.30. The molecule has 0 unspecified atom stereocenters. The van der Waals surface area contributed by atoms with Gasteiger partial charge in [-0.2, -0.15) is 9.97 Å². The van der Waals surface area contributed by atoms with E-state index in [4.69, 9.17) is 16.1 Å².